The van der Waals surface area contributed by atoms with Crippen LogP contribution in [-0.4, -0.2) is 10.9 Å². The van der Waals surface area contributed by atoms with Crippen LogP contribution in [0.1, 0.15) is 37.5 Å². The fourth-order valence-corrected chi connectivity index (χ4v) is 1.37. The lowest BCUT2D eigenvalue weighted by atomic mass is 10.0. The molecule has 0 aliphatic carbocycles. The number of aryl methyl sites for hydroxylation is 1. The van der Waals surface area contributed by atoms with E-state index in [9.17, 15) is 9.90 Å². The number of benzene rings is 1. The minimum atomic E-state index is -0.654. The third-order valence-corrected chi connectivity index (χ3v) is 2.25. The highest BCUT2D eigenvalue weighted by atomic mass is 16.3. The molecule has 0 aliphatic rings. The molecule has 1 aromatic rings. The highest BCUT2D eigenvalue weighted by Gasteiger charge is 2.09. The standard InChI is InChI=1S/C12H16O2/c1-3-10-4-6-11(7-5-10)12(14)8-9(2)13/h4-7,12,14H,3,8H2,1-2H3. The predicted molar refractivity (Wildman–Crippen MR) is 56.1 cm³/mol. The zero-order valence-corrected chi connectivity index (χ0v) is 8.66. The van der Waals surface area contributed by atoms with Crippen LogP contribution >= 0.6 is 0 Å². The molecule has 1 N–H and O–H groups in total. The Kier molecular flexibility index (Phi) is 3.84. The molecule has 14 heavy (non-hydrogen) atoms. The fraction of sp³-hybridized carbons (Fsp3) is 0.417. The number of carbonyl (C=O) groups excluding carboxylic acids is 1. The third-order valence-electron chi connectivity index (χ3n) is 2.25. The highest BCUT2D eigenvalue weighted by Crippen LogP contribution is 2.17. The summed E-state index contributed by atoms with van der Waals surface area (Å²) in [4.78, 5) is 10.8. The van der Waals surface area contributed by atoms with Crippen LogP contribution < -0.4 is 0 Å². The topological polar surface area (TPSA) is 37.3 Å². The lowest BCUT2D eigenvalue weighted by molar-refractivity contribution is -0.118. The molecule has 1 unspecified atom stereocenters. The van der Waals surface area contributed by atoms with Crippen LogP contribution in [0.2, 0.25) is 0 Å². The molecule has 2 nitrogen and oxygen atoms in total. The molecule has 0 amide bonds. The molecule has 0 fully saturated rings. The predicted octanol–water partition coefficient (Wildman–Crippen LogP) is 2.26. The number of ketones is 1. The summed E-state index contributed by atoms with van der Waals surface area (Å²) >= 11 is 0. The van der Waals surface area contributed by atoms with Gasteiger partial charge in [0.25, 0.3) is 0 Å². The number of hydrogen-bond acceptors (Lipinski definition) is 2. The number of Topliss-reactive ketones (excluding diaryl/α,β-unsaturated/α-hetero) is 1. The second-order valence-electron chi connectivity index (χ2n) is 3.52. The Hall–Kier alpha value is -1.15. The van der Waals surface area contributed by atoms with Crippen molar-refractivity contribution in [3.05, 3.63) is 35.4 Å². The van der Waals surface area contributed by atoms with Gasteiger partial charge in [-0.05, 0) is 24.5 Å². The van der Waals surface area contributed by atoms with Crippen LogP contribution in [0.4, 0.5) is 0 Å². The minimum absolute atomic E-state index is 0.0112. The lowest BCUT2D eigenvalue weighted by Crippen LogP contribution is -2.03. The molecule has 0 spiro atoms. The van der Waals surface area contributed by atoms with E-state index in [1.54, 1.807) is 0 Å². The second kappa shape index (κ2) is 4.91. The average Bonchev–Trinajstić information content (AvgIpc) is 2.17. The first-order valence-corrected chi connectivity index (χ1v) is 4.89. The van der Waals surface area contributed by atoms with Gasteiger partial charge < -0.3 is 5.11 Å². The third kappa shape index (κ3) is 2.96. The van der Waals surface area contributed by atoms with Gasteiger partial charge in [-0.3, -0.25) is 4.79 Å². The Morgan fingerprint density at radius 2 is 1.93 bits per heavy atom. The summed E-state index contributed by atoms with van der Waals surface area (Å²) in [5.74, 6) is 0.0112. The maximum absolute atomic E-state index is 10.8. The van der Waals surface area contributed by atoms with E-state index in [0.717, 1.165) is 12.0 Å². The Morgan fingerprint density at radius 1 is 1.36 bits per heavy atom. The Bertz CT molecular complexity index is 301. The molecular formula is C12H16O2. The zero-order valence-electron chi connectivity index (χ0n) is 8.66. The molecule has 76 valence electrons. The van der Waals surface area contributed by atoms with Crippen LogP contribution in [0.25, 0.3) is 0 Å². The maximum atomic E-state index is 10.8. The maximum Gasteiger partial charge on any atom is 0.132 e. The number of hydrogen-bond donors (Lipinski definition) is 1. The van der Waals surface area contributed by atoms with Gasteiger partial charge in [0.1, 0.15) is 5.78 Å². The molecule has 0 heterocycles. The summed E-state index contributed by atoms with van der Waals surface area (Å²) in [7, 11) is 0. The molecule has 0 aliphatic heterocycles. The van der Waals surface area contributed by atoms with Crippen molar-refractivity contribution in [2.75, 3.05) is 0 Å². The smallest absolute Gasteiger partial charge is 0.132 e. The van der Waals surface area contributed by atoms with Gasteiger partial charge in [0.15, 0.2) is 0 Å². The van der Waals surface area contributed by atoms with Crippen LogP contribution in [-0.2, 0) is 11.2 Å². The van der Waals surface area contributed by atoms with Gasteiger partial charge in [-0.2, -0.15) is 0 Å². The summed E-state index contributed by atoms with van der Waals surface area (Å²) in [5, 5.41) is 9.63. The molecule has 1 atom stereocenters. The Labute approximate surface area is 84.6 Å². The summed E-state index contributed by atoms with van der Waals surface area (Å²) in [6.07, 6.45) is 0.535. The van der Waals surface area contributed by atoms with E-state index in [2.05, 4.69) is 6.92 Å². The summed E-state index contributed by atoms with van der Waals surface area (Å²) in [6.45, 7) is 3.57. The lowest BCUT2D eigenvalue weighted by Gasteiger charge is -2.09. The van der Waals surface area contributed by atoms with Gasteiger partial charge in [-0.15, -0.1) is 0 Å². The van der Waals surface area contributed by atoms with Crippen molar-refractivity contribution in [2.24, 2.45) is 0 Å². The van der Waals surface area contributed by atoms with E-state index in [1.165, 1.54) is 12.5 Å². The number of carbonyl (C=O) groups is 1. The van der Waals surface area contributed by atoms with Crippen molar-refractivity contribution < 1.29 is 9.90 Å². The van der Waals surface area contributed by atoms with E-state index in [1.807, 2.05) is 24.3 Å². The van der Waals surface area contributed by atoms with Gasteiger partial charge in [0.2, 0.25) is 0 Å². The van der Waals surface area contributed by atoms with E-state index < -0.39 is 6.10 Å². The normalized spacial score (nSPS) is 12.5. The van der Waals surface area contributed by atoms with Crippen molar-refractivity contribution >= 4 is 5.78 Å². The molecule has 0 saturated carbocycles. The number of aliphatic hydroxyl groups is 1. The SMILES string of the molecule is CCc1ccc(C(O)CC(C)=O)cc1. The Balaban J connectivity index is 2.71. The van der Waals surface area contributed by atoms with Crippen molar-refractivity contribution in [1.82, 2.24) is 0 Å². The first kappa shape index (κ1) is 10.9. The van der Waals surface area contributed by atoms with Crippen molar-refractivity contribution in [2.45, 2.75) is 32.8 Å². The molecule has 0 saturated heterocycles. The van der Waals surface area contributed by atoms with E-state index in [4.69, 9.17) is 0 Å². The van der Waals surface area contributed by atoms with Gasteiger partial charge in [-0.1, -0.05) is 31.2 Å². The molecule has 1 aromatic carbocycles. The van der Waals surface area contributed by atoms with Gasteiger partial charge in [-0.25, -0.2) is 0 Å². The summed E-state index contributed by atoms with van der Waals surface area (Å²) < 4.78 is 0. The van der Waals surface area contributed by atoms with Gasteiger partial charge >= 0.3 is 0 Å². The largest absolute Gasteiger partial charge is 0.388 e. The van der Waals surface area contributed by atoms with E-state index >= 15 is 0 Å². The molecule has 1 rings (SSSR count). The number of rotatable bonds is 4. The number of aliphatic hydroxyl groups excluding tert-OH is 1. The fourth-order valence-electron chi connectivity index (χ4n) is 1.37. The molecule has 2 heteroatoms. The average molecular weight is 192 g/mol. The van der Waals surface area contributed by atoms with Crippen LogP contribution in [0, 0.1) is 0 Å². The van der Waals surface area contributed by atoms with Crippen molar-refractivity contribution in [3.8, 4) is 0 Å². The van der Waals surface area contributed by atoms with Crippen molar-refractivity contribution in [3.63, 3.8) is 0 Å². The first-order chi connectivity index (χ1) is 6.63. The van der Waals surface area contributed by atoms with E-state index in [-0.39, 0.29) is 12.2 Å². The zero-order chi connectivity index (χ0) is 10.6. The van der Waals surface area contributed by atoms with Crippen LogP contribution in [0.5, 0.6) is 0 Å². The van der Waals surface area contributed by atoms with Crippen LogP contribution in [0.3, 0.4) is 0 Å². The van der Waals surface area contributed by atoms with E-state index in [0.29, 0.717) is 0 Å². The second-order valence-corrected chi connectivity index (χ2v) is 3.52. The monoisotopic (exact) mass is 192 g/mol. The molecular weight excluding hydrogens is 176 g/mol. The van der Waals surface area contributed by atoms with Gasteiger partial charge in [0.05, 0.1) is 6.10 Å². The molecule has 0 radical (unpaired) electrons. The summed E-state index contributed by atoms with van der Waals surface area (Å²) in [6, 6.07) is 7.73. The van der Waals surface area contributed by atoms with Crippen LogP contribution in [0.15, 0.2) is 24.3 Å². The van der Waals surface area contributed by atoms with Gasteiger partial charge in [0, 0.05) is 6.42 Å². The Morgan fingerprint density at radius 3 is 2.36 bits per heavy atom. The highest BCUT2D eigenvalue weighted by molar-refractivity contribution is 5.76. The first-order valence-electron chi connectivity index (χ1n) is 4.89. The molecule has 0 aromatic heterocycles. The summed E-state index contributed by atoms with van der Waals surface area (Å²) in [5.41, 5.74) is 2.06. The van der Waals surface area contributed by atoms with Crippen molar-refractivity contribution in [1.29, 1.82) is 0 Å². The minimum Gasteiger partial charge on any atom is -0.388 e. The molecule has 0 bridgehead atoms. The quantitative estimate of drug-likeness (QED) is 0.794.